The summed E-state index contributed by atoms with van der Waals surface area (Å²) >= 11 is 1.71. The average molecular weight is 424 g/mol. The summed E-state index contributed by atoms with van der Waals surface area (Å²) in [6.45, 7) is 7.19. The number of hydrogen-bond donors (Lipinski definition) is 1. The van der Waals surface area contributed by atoms with Gasteiger partial charge in [0.2, 0.25) is 5.91 Å². The van der Waals surface area contributed by atoms with E-state index in [9.17, 15) is 4.79 Å². The molecule has 3 nitrogen and oxygen atoms in total. The summed E-state index contributed by atoms with van der Waals surface area (Å²) in [5.41, 5.74) is 14.6. The number of primary amides is 1. The third-order valence-electron chi connectivity index (χ3n) is 6.02. The molecule has 1 amide bonds. The van der Waals surface area contributed by atoms with Crippen molar-refractivity contribution in [3.8, 4) is 10.4 Å². The maximum absolute atomic E-state index is 12.2. The van der Waals surface area contributed by atoms with Gasteiger partial charge in [0.15, 0.2) is 0 Å². The summed E-state index contributed by atoms with van der Waals surface area (Å²) in [6.07, 6.45) is 0. The molecule has 0 saturated heterocycles. The second-order valence-corrected chi connectivity index (χ2v) is 9.10. The molecule has 153 valence electrons. The number of hydrogen-bond acceptors (Lipinski definition) is 2. The number of aryl methyl sites for hydroxylation is 3. The first-order valence-corrected chi connectivity index (χ1v) is 11.2. The molecular weight excluding hydrogens is 400 g/mol. The van der Waals surface area contributed by atoms with Crippen LogP contribution in [0.25, 0.3) is 32.2 Å². The summed E-state index contributed by atoms with van der Waals surface area (Å²) in [7, 11) is 0. The van der Waals surface area contributed by atoms with E-state index < -0.39 is 5.91 Å². The molecule has 0 atom stereocenters. The Bertz CT molecular complexity index is 1440. The van der Waals surface area contributed by atoms with E-state index in [0.717, 1.165) is 33.9 Å². The van der Waals surface area contributed by atoms with E-state index in [-0.39, 0.29) is 0 Å². The van der Waals surface area contributed by atoms with E-state index >= 15 is 0 Å². The van der Waals surface area contributed by atoms with Gasteiger partial charge in [-0.3, -0.25) is 4.79 Å². The molecule has 1 radical (unpaired) electrons. The van der Waals surface area contributed by atoms with E-state index in [0.29, 0.717) is 5.56 Å². The fourth-order valence-electron chi connectivity index (χ4n) is 4.63. The number of rotatable bonds is 4. The van der Waals surface area contributed by atoms with E-state index in [1.807, 2.05) is 12.1 Å². The number of nitrogens with zero attached hydrogens (tertiary/aromatic N) is 1. The number of aromatic nitrogens is 1. The molecule has 0 unspecified atom stereocenters. The number of carbonyl (C=O) groups excluding carboxylic acids is 1. The van der Waals surface area contributed by atoms with Gasteiger partial charge >= 0.3 is 0 Å². The van der Waals surface area contributed by atoms with Crippen molar-refractivity contribution in [3.05, 3.63) is 93.9 Å². The zero-order valence-electron chi connectivity index (χ0n) is 17.8. The summed E-state index contributed by atoms with van der Waals surface area (Å²) < 4.78 is 2.30. The topological polar surface area (TPSA) is 48.0 Å². The largest absolute Gasteiger partial charge is 0.366 e. The molecule has 5 aromatic rings. The van der Waals surface area contributed by atoms with Crippen LogP contribution in [0.4, 0.5) is 0 Å². The van der Waals surface area contributed by atoms with Gasteiger partial charge < -0.3 is 10.3 Å². The van der Waals surface area contributed by atoms with Crippen LogP contribution in [0.1, 0.15) is 32.6 Å². The average Bonchev–Trinajstić information content (AvgIpc) is 3.37. The van der Waals surface area contributed by atoms with Crippen LogP contribution >= 0.6 is 11.3 Å². The first kappa shape index (κ1) is 19.6. The Kier molecular flexibility index (Phi) is 4.67. The molecule has 0 fully saturated rings. The molecular formula is C27H23N2OS. The van der Waals surface area contributed by atoms with Gasteiger partial charge in [-0.1, -0.05) is 29.8 Å². The summed E-state index contributed by atoms with van der Waals surface area (Å²) in [4.78, 5) is 13.4. The van der Waals surface area contributed by atoms with Crippen molar-refractivity contribution in [1.29, 1.82) is 0 Å². The summed E-state index contributed by atoms with van der Waals surface area (Å²) in [6, 6.07) is 22.1. The molecule has 31 heavy (non-hydrogen) atoms. The smallest absolute Gasteiger partial charge is 0.249 e. The van der Waals surface area contributed by atoms with Crippen molar-refractivity contribution in [2.45, 2.75) is 27.3 Å². The van der Waals surface area contributed by atoms with E-state index in [1.54, 1.807) is 17.4 Å². The molecule has 2 N–H and O–H groups in total. The van der Waals surface area contributed by atoms with Crippen LogP contribution in [0.15, 0.2) is 60.0 Å². The molecule has 0 aliphatic heterocycles. The molecule has 0 aliphatic carbocycles. The van der Waals surface area contributed by atoms with Crippen LogP contribution in [0.3, 0.4) is 0 Å². The summed E-state index contributed by atoms with van der Waals surface area (Å²) in [5.74, 6) is -0.414. The number of benzene rings is 3. The fourth-order valence-corrected chi connectivity index (χ4v) is 5.35. The minimum Gasteiger partial charge on any atom is -0.366 e. The Morgan fingerprint density at radius 1 is 1.03 bits per heavy atom. The SMILES string of the molecule is Cc1cc(C)c(Cn2c3cc(-c4cccs4)c[c]c3c3c(C(N)=O)cccc32)c(C)c1. The highest BCUT2D eigenvalue weighted by molar-refractivity contribution is 7.13. The zero-order chi connectivity index (χ0) is 21.7. The number of fused-ring (bicyclic) bond motifs is 3. The predicted molar refractivity (Wildman–Crippen MR) is 130 cm³/mol. The Morgan fingerprint density at radius 3 is 2.48 bits per heavy atom. The van der Waals surface area contributed by atoms with Crippen LogP contribution < -0.4 is 5.73 Å². The third-order valence-corrected chi connectivity index (χ3v) is 6.94. The van der Waals surface area contributed by atoms with Crippen molar-refractivity contribution >= 4 is 39.0 Å². The van der Waals surface area contributed by atoms with Crippen LogP contribution in [0.2, 0.25) is 0 Å². The lowest BCUT2D eigenvalue weighted by Crippen LogP contribution is -2.11. The minimum absolute atomic E-state index is 0.414. The highest BCUT2D eigenvalue weighted by Crippen LogP contribution is 2.36. The lowest BCUT2D eigenvalue weighted by Gasteiger charge is -2.15. The van der Waals surface area contributed by atoms with Gasteiger partial charge in [-0.2, -0.15) is 0 Å². The van der Waals surface area contributed by atoms with Gasteiger partial charge in [-0.25, -0.2) is 0 Å². The van der Waals surface area contributed by atoms with Gasteiger partial charge in [0.05, 0.1) is 11.0 Å². The monoisotopic (exact) mass is 423 g/mol. The minimum atomic E-state index is -0.414. The second kappa shape index (κ2) is 7.40. The molecule has 0 aliphatic rings. The maximum atomic E-state index is 12.2. The first-order chi connectivity index (χ1) is 14.9. The van der Waals surface area contributed by atoms with Gasteiger partial charge in [0, 0.05) is 27.8 Å². The zero-order valence-corrected chi connectivity index (χ0v) is 18.6. The molecule has 0 bridgehead atoms. The predicted octanol–water partition coefficient (Wildman–Crippen LogP) is 6.40. The molecule has 2 aromatic heterocycles. The van der Waals surface area contributed by atoms with E-state index in [4.69, 9.17) is 5.73 Å². The standard InChI is InChI=1S/C27H23N2OS/c1-16-12-17(2)22(18(3)13-16)15-29-23-7-4-6-21(27(28)30)26(23)20-10-9-19(14-24(20)29)25-8-5-11-31-25/h4-9,11-14H,15H2,1-3H3,(H2,28,30). The molecule has 4 heteroatoms. The number of carbonyl (C=O) groups is 1. The van der Waals surface area contributed by atoms with Crippen molar-refractivity contribution in [1.82, 2.24) is 4.57 Å². The highest BCUT2D eigenvalue weighted by Gasteiger charge is 2.18. The van der Waals surface area contributed by atoms with Crippen LogP contribution in [0.5, 0.6) is 0 Å². The van der Waals surface area contributed by atoms with Crippen molar-refractivity contribution in [3.63, 3.8) is 0 Å². The highest BCUT2D eigenvalue weighted by atomic mass is 32.1. The first-order valence-electron chi connectivity index (χ1n) is 10.3. The summed E-state index contributed by atoms with van der Waals surface area (Å²) in [5, 5.41) is 3.90. The number of nitrogens with two attached hydrogens (primary N) is 1. The Hall–Kier alpha value is -3.37. The van der Waals surface area contributed by atoms with Crippen LogP contribution in [0, 0.1) is 26.8 Å². The van der Waals surface area contributed by atoms with Gasteiger partial charge in [0.1, 0.15) is 0 Å². The van der Waals surface area contributed by atoms with Crippen molar-refractivity contribution < 1.29 is 4.79 Å². The van der Waals surface area contributed by atoms with Gasteiger partial charge in [-0.15, -0.1) is 11.3 Å². The lowest BCUT2D eigenvalue weighted by molar-refractivity contribution is 0.100. The molecule has 0 spiro atoms. The Balaban J connectivity index is 1.83. The van der Waals surface area contributed by atoms with Gasteiger partial charge in [0.25, 0.3) is 0 Å². The van der Waals surface area contributed by atoms with E-state index in [1.165, 1.54) is 27.1 Å². The third kappa shape index (κ3) is 3.24. The number of thiophene rings is 1. The van der Waals surface area contributed by atoms with Crippen LogP contribution in [-0.4, -0.2) is 10.5 Å². The second-order valence-electron chi connectivity index (χ2n) is 8.15. The molecule has 2 heterocycles. The maximum Gasteiger partial charge on any atom is 0.249 e. The molecule has 3 aromatic carbocycles. The van der Waals surface area contributed by atoms with Crippen molar-refractivity contribution in [2.24, 2.45) is 5.73 Å². The Labute approximate surface area is 185 Å². The van der Waals surface area contributed by atoms with Gasteiger partial charge in [-0.05, 0) is 84.8 Å². The Morgan fingerprint density at radius 2 is 1.81 bits per heavy atom. The normalized spacial score (nSPS) is 11.5. The van der Waals surface area contributed by atoms with Crippen molar-refractivity contribution in [2.75, 3.05) is 0 Å². The van der Waals surface area contributed by atoms with E-state index in [2.05, 4.69) is 73.2 Å². The lowest BCUT2D eigenvalue weighted by atomic mass is 9.99. The quantitative estimate of drug-likeness (QED) is 0.357. The fraction of sp³-hybridized carbons (Fsp3) is 0.148. The number of amides is 1. The molecule has 5 rings (SSSR count). The molecule has 0 saturated carbocycles. The van der Waals surface area contributed by atoms with Crippen LogP contribution in [-0.2, 0) is 6.54 Å².